The first-order valence-corrected chi connectivity index (χ1v) is 3.50. The first-order valence-electron chi connectivity index (χ1n) is 3.50. The van der Waals surface area contributed by atoms with E-state index in [9.17, 15) is 9.90 Å². The van der Waals surface area contributed by atoms with Crippen molar-refractivity contribution in [3.63, 3.8) is 0 Å². The molecule has 50 valence electrons. The van der Waals surface area contributed by atoms with Gasteiger partial charge in [-0.1, -0.05) is 0 Å². The molecule has 0 unspecified atom stereocenters. The van der Waals surface area contributed by atoms with E-state index in [4.69, 9.17) is 0 Å². The molecule has 0 amide bonds. The monoisotopic (exact) mass is 126 g/mol. The summed E-state index contributed by atoms with van der Waals surface area (Å²) >= 11 is 0. The number of aliphatic hydroxyl groups is 1. The van der Waals surface area contributed by atoms with Crippen LogP contribution in [0.25, 0.3) is 0 Å². The standard InChI is InChI=1S/C7H10O2/c8-6-1-2-7(9)5-3-4(5)6/h4-6,8H,1-3H2/t4-,5+,6-/m1/s1. The van der Waals surface area contributed by atoms with Gasteiger partial charge in [0.05, 0.1) is 6.10 Å². The summed E-state index contributed by atoms with van der Waals surface area (Å²) in [6.07, 6.45) is 2.12. The molecule has 0 spiro atoms. The fraction of sp³-hybridized carbons (Fsp3) is 0.857. The van der Waals surface area contributed by atoms with Crippen LogP contribution < -0.4 is 0 Å². The summed E-state index contributed by atoms with van der Waals surface area (Å²) in [5.74, 6) is 0.991. The van der Waals surface area contributed by atoms with Gasteiger partial charge in [0, 0.05) is 12.3 Å². The molecule has 1 N–H and O–H groups in total. The molecule has 0 saturated heterocycles. The quantitative estimate of drug-likeness (QED) is 0.508. The molecule has 2 saturated carbocycles. The van der Waals surface area contributed by atoms with Crippen LogP contribution in [-0.2, 0) is 4.79 Å². The van der Waals surface area contributed by atoms with Crippen molar-refractivity contribution >= 4 is 5.78 Å². The summed E-state index contributed by atoms with van der Waals surface area (Å²) in [7, 11) is 0. The van der Waals surface area contributed by atoms with E-state index in [1.807, 2.05) is 0 Å². The van der Waals surface area contributed by atoms with Crippen molar-refractivity contribution in [2.24, 2.45) is 11.8 Å². The van der Waals surface area contributed by atoms with Crippen molar-refractivity contribution < 1.29 is 9.90 Å². The van der Waals surface area contributed by atoms with Crippen LogP contribution in [0.4, 0.5) is 0 Å². The molecule has 2 rings (SSSR count). The number of hydrogen-bond donors (Lipinski definition) is 1. The lowest BCUT2D eigenvalue weighted by Gasteiger charge is -2.13. The number of carbonyl (C=O) groups is 1. The highest BCUT2D eigenvalue weighted by Gasteiger charge is 2.49. The zero-order chi connectivity index (χ0) is 6.43. The van der Waals surface area contributed by atoms with E-state index in [1.165, 1.54) is 0 Å². The Bertz CT molecular complexity index is 153. The highest BCUT2D eigenvalue weighted by molar-refractivity contribution is 5.84. The van der Waals surface area contributed by atoms with E-state index in [-0.39, 0.29) is 12.0 Å². The Morgan fingerprint density at radius 2 is 2.33 bits per heavy atom. The van der Waals surface area contributed by atoms with E-state index in [0.29, 0.717) is 24.5 Å². The average Bonchev–Trinajstić information content (AvgIpc) is 2.57. The third-order valence-corrected chi connectivity index (χ3v) is 2.43. The molecule has 9 heavy (non-hydrogen) atoms. The lowest BCUT2D eigenvalue weighted by molar-refractivity contribution is -0.123. The maximum absolute atomic E-state index is 10.9. The van der Waals surface area contributed by atoms with Crippen LogP contribution in [0.1, 0.15) is 19.3 Å². The molecule has 0 radical (unpaired) electrons. The predicted molar refractivity (Wildman–Crippen MR) is 31.8 cm³/mol. The Morgan fingerprint density at radius 3 is 3.00 bits per heavy atom. The van der Waals surface area contributed by atoms with E-state index in [2.05, 4.69) is 0 Å². The molecule has 0 heterocycles. The molecular weight excluding hydrogens is 116 g/mol. The van der Waals surface area contributed by atoms with Crippen molar-refractivity contribution in [2.45, 2.75) is 25.4 Å². The van der Waals surface area contributed by atoms with Gasteiger partial charge in [-0.2, -0.15) is 0 Å². The van der Waals surface area contributed by atoms with Gasteiger partial charge in [-0.25, -0.2) is 0 Å². The number of fused-ring (bicyclic) bond motifs is 1. The Morgan fingerprint density at radius 1 is 1.56 bits per heavy atom. The highest BCUT2D eigenvalue weighted by Crippen LogP contribution is 2.47. The Balaban J connectivity index is 2.08. The smallest absolute Gasteiger partial charge is 0.136 e. The summed E-state index contributed by atoms with van der Waals surface area (Å²) in [4.78, 5) is 10.9. The van der Waals surface area contributed by atoms with Crippen LogP contribution in [0.15, 0.2) is 0 Å². The summed E-state index contributed by atoms with van der Waals surface area (Å²) in [5.41, 5.74) is 0. The van der Waals surface area contributed by atoms with Gasteiger partial charge in [-0.05, 0) is 18.8 Å². The fourth-order valence-corrected chi connectivity index (χ4v) is 1.70. The molecule has 2 aliphatic carbocycles. The first-order chi connectivity index (χ1) is 4.29. The van der Waals surface area contributed by atoms with Gasteiger partial charge >= 0.3 is 0 Å². The van der Waals surface area contributed by atoms with E-state index in [0.717, 1.165) is 6.42 Å². The topological polar surface area (TPSA) is 37.3 Å². The molecular formula is C7H10O2. The van der Waals surface area contributed by atoms with Crippen LogP contribution in [-0.4, -0.2) is 17.0 Å². The second kappa shape index (κ2) is 1.57. The Kier molecular flexibility index (Phi) is 0.943. The van der Waals surface area contributed by atoms with Gasteiger partial charge in [-0.15, -0.1) is 0 Å². The van der Waals surface area contributed by atoms with Crippen molar-refractivity contribution in [1.82, 2.24) is 0 Å². The summed E-state index contributed by atoms with van der Waals surface area (Å²) < 4.78 is 0. The summed E-state index contributed by atoms with van der Waals surface area (Å²) in [6.45, 7) is 0. The normalized spacial score (nSPS) is 48.6. The van der Waals surface area contributed by atoms with E-state index < -0.39 is 0 Å². The number of ketones is 1. The number of Topliss-reactive ketones (excluding diaryl/α,β-unsaturated/α-hetero) is 1. The largest absolute Gasteiger partial charge is 0.393 e. The van der Waals surface area contributed by atoms with Gasteiger partial charge in [0.2, 0.25) is 0 Å². The maximum Gasteiger partial charge on any atom is 0.136 e. The van der Waals surface area contributed by atoms with Gasteiger partial charge in [0.15, 0.2) is 0 Å². The zero-order valence-electron chi connectivity index (χ0n) is 5.21. The second-order valence-electron chi connectivity index (χ2n) is 3.08. The highest BCUT2D eigenvalue weighted by atomic mass is 16.3. The zero-order valence-corrected chi connectivity index (χ0v) is 5.21. The van der Waals surface area contributed by atoms with Crippen molar-refractivity contribution in [3.8, 4) is 0 Å². The molecule has 0 bridgehead atoms. The summed E-state index contributed by atoms with van der Waals surface area (Å²) in [5, 5.41) is 9.18. The molecule has 0 aromatic heterocycles. The SMILES string of the molecule is O=C1CC[C@@H](O)[C@@H]2C[C@H]12. The molecule has 3 atom stereocenters. The van der Waals surface area contributed by atoms with E-state index in [1.54, 1.807) is 0 Å². The minimum atomic E-state index is -0.160. The van der Waals surface area contributed by atoms with Crippen molar-refractivity contribution in [3.05, 3.63) is 0 Å². The summed E-state index contributed by atoms with van der Waals surface area (Å²) in [6, 6.07) is 0. The van der Waals surface area contributed by atoms with Crippen LogP contribution in [0.2, 0.25) is 0 Å². The van der Waals surface area contributed by atoms with Gasteiger partial charge in [0.25, 0.3) is 0 Å². The number of aliphatic hydroxyl groups excluding tert-OH is 1. The average molecular weight is 126 g/mol. The van der Waals surface area contributed by atoms with Crippen LogP contribution in [0.3, 0.4) is 0 Å². The predicted octanol–water partition coefficient (Wildman–Crippen LogP) is 0.346. The lowest BCUT2D eigenvalue weighted by atomic mass is 9.97. The number of rotatable bonds is 0. The number of carbonyl (C=O) groups excluding carboxylic acids is 1. The van der Waals surface area contributed by atoms with Crippen LogP contribution in [0.5, 0.6) is 0 Å². The molecule has 2 nitrogen and oxygen atoms in total. The molecule has 0 aliphatic heterocycles. The van der Waals surface area contributed by atoms with Gasteiger partial charge in [0.1, 0.15) is 5.78 Å². The van der Waals surface area contributed by atoms with Crippen molar-refractivity contribution in [2.75, 3.05) is 0 Å². The lowest BCUT2D eigenvalue weighted by Crippen LogP contribution is -2.21. The fourth-order valence-electron chi connectivity index (χ4n) is 1.70. The molecule has 2 aliphatic rings. The van der Waals surface area contributed by atoms with Gasteiger partial charge < -0.3 is 5.11 Å². The molecule has 2 fully saturated rings. The minimum absolute atomic E-state index is 0.160. The Hall–Kier alpha value is -0.370. The van der Waals surface area contributed by atoms with Crippen LogP contribution >= 0.6 is 0 Å². The second-order valence-corrected chi connectivity index (χ2v) is 3.08. The van der Waals surface area contributed by atoms with Gasteiger partial charge in [-0.3, -0.25) is 4.79 Å². The third kappa shape index (κ3) is 0.697. The first kappa shape index (κ1) is 5.42. The maximum atomic E-state index is 10.9. The number of hydrogen-bond acceptors (Lipinski definition) is 2. The third-order valence-electron chi connectivity index (χ3n) is 2.43. The minimum Gasteiger partial charge on any atom is -0.393 e. The molecule has 2 heteroatoms. The molecule has 0 aromatic carbocycles. The molecule has 0 aromatic rings. The van der Waals surface area contributed by atoms with E-state index >= 15 is 0 Å². The van der Waals surface area contributed by atoms with Crippen LogP contribution in [0, 0.1) is 11.8 Å². The van der Waals surface area contributed by atoms with Crippen molar-refractivity contribution in [1.29, 1.82) is 0 Å². The Labute approximate surface area is 53.9 Å².